The average molecular weight is 297 g/mol. The summed E-state index contributed by atoms with van der Waals surface area (Å²) in [5.74, 6) is 0.584. The second kappa shape index (κ2) is 8.46. The number of ether oxygens (including phenoxy) is 1. The van der Waals surface area contributed by atoms with Gasteiger partial charge in [-0.2, -0.15) is 5.10 Å². The van der Waals surface area contributed by atoms with Crippen molar-refractivity contribution in [1.29, 1.82) is 0 Å². The fourth-order valence-electron chi connectivity index (χ4n) is 1.81. The summed E-state index contributed by atoms with van der Waals surface area (Å²) < 4.78 is 5.07. The van der Waals surface area contributed by atoms with Crippen LogP contribution in [-0.4, -0.2) is 25.8 Å². The zero-order chi connectivity index (χ0) is 15.6. The van der Waals surface area contributed by atoms with E-state index in [4.69, 9.17) is 4.74 Å². The molecule has 2 aromatic rings. The number of carbonyl (C=O) groups excluding carboxylic acids is 1. The van der Waals surface area contributed by atoms with E-state index in [1.807, 2.05) is 54.6 Å². The topological polar surface area (TPSA) is 62.7 Å². The Kier molecular flexibility index (Phi) is 5.99. The van der Waals surface area contributed by atoms with Gasteiger partial charge in [-0.3, -0.25) is 4.79 Å². The maximum absolute atomic E-state index is 11.6. The van der Waals surface area contributed by atoms with Crippen LogP contribution in [0.5, 0.6) is 5.75 Å². The molecule has 0 heterocycles. The van der Waals surface area contributed by atoms with Crippen LogP contribution in [0.25, 0.3) is 0 Å². The van der Waals surface area contributed by atoms with Crippen molar-refractivity contribution in [3.63, 3.8) is 0 Å². The second-order valence-corrected chi connectivity index (χ2v) is 4.62. The van der Waals surface area contributed by atoms with E-state index in [1.165, 1.54) is 0 Å². The van der Waals surface area contributed by atoms with Gasteiger partial charge in [0.2, 0.25) is 0 Å². The van der Waals surface area contributed by atoms with Gasteiger partial charge in [-0.15, -0.1) is 0 Å². The molecule has 0 unspecified atom stereocenters. The largest absolute Gasteiger partial charge is 0.497 e. The van der Waals surface area contributed by atoms with Gasteiger partial charge in [0.05, 0.1) is 13.7 Å². The maximum atomic E-state index is 11.6. The van der Waals surface area contributed by atoms with Crippen molar-refractivity contribution < 1.29 is 9.53 Å². The molecule has 1 amide bonds. The van der Waals surface area contributed by atoms with Crippen molar-refractivity contribution >= 4 is 17.8 Å². The maximum Gasteiger partial charge on any atom is 0.259 e. The summed E-state index contributed by atoms with van der Waals surface area (Å²) in [6.07, 6.45) is 2.37. The summed E-state index contributed by atoms with van der Waals surface area (Å²) >= 11 is 0. The third-order valence-electron chi connectivity index (χ3n) is 2.99. The molecule has 2 aromatic carbocycles. The molecule has 2 rings (SSSR count). The summed E-state index contributed by atoms with van der Waals surface area (Å²) in [4.78, 5) is 11.6. The summed E-state index contributed by atoms with van der Waals surface area (Å²) in [6.45, 7) is 0.162. The molecule has 0 saturated carbocycles. The Morgan fingerprint density at radius 1 is 1.14 bits per heavy atom. The Bertz CT molecular complexity index is 610. The van der Waals surface area contributed by atoms with Crippen LogP contribution in [0.2, 0.25) is 0 Å². The Balaban J connectivity index is 1.69. The molecule has 5 nitrogen and oxygen atoms in total. The van der Waals surface area contributed by atoms with Crippen LogP contribution in [0, 0.1) is 0 Å². The standard InChI is InChI=1S/C17H19N3O2/c1-22-16-9-7-15(8-10-16)18-13-17(21)20-19-12-11-14-5-3-2-4-6-14/h2-10,12,18H,11,13H2,1H3,(H,20,21). The fraction of sp³-hybridized carbons (Fsp3) is 0.176. The third-order valence-corrected chi connectivity index (χ3v) is 2.99. The summed E-state index contributed by atoms with van der Waals surface area (Å²) in [5.41, 5.74) is 4.49. The lowest BCUT2D eigenvalue weighted by molar-refractivity contribution is -0.119. The molecule has 0 fully saturated rings. The van der Waals surface area contributed by atoms with Crippen LogP contribution in [0.4, 0.5) is 5.69 Å². The molecule has 0 bridgehead atoms. The lowest BCUT2D eigenvalue weighted by Crippen LogP contribution is -2.25. The van der Waals surface area contributed by atoms with Crippen molar-refractivity contribution in [2.24, 2.45) is 5.10 Å². The highest BCUT2D eigenvalue weighted by Crippen LogP contribution is 2.14. The summed E-state index contributed by atoms with van der Waals surface area (Å²) in [7, 11) is 1.61. The molecular formula is C17H19N3O2. The predicted molar refractivity (Wildman–Crippen MR) is 88.3 cm³/mol. The zero-order valence-electron chi connectivity index (χ0n) is 12.5. The molecule has 5 heteroatoms. The van der Waals surface area contributed by atoms with Crippen molar-refractivity contribution in [3.8, 4) is 5.75 Å². The van der Waals surface area contributed by atoms with Crippen LogP contribution in [0.15, 0.2) is 59.7 Å². The first-order chi connectivity index (χ1) is 10.8. The SMILES string of the molecule is COc1ccc(NCC(=O)NN=CCc2ccccc2)cc1. The monoisotopic (exact) mass is 297 g/mol. The van der Waals surface area contributed by atoms with E-state index >= 15 is 0 Å². The molecule has 0 saturated heterocycles. The third kappa shape index (κ3) is 5.28. The highest BCUT2D eigenvalue weighted by molar-refractivity contribution is 5.81. The van der Waals surface area contributed by atoms with Gasteiger partial charge in [0.15, 0.2) is 0 Å². The van der Waals surface area contributed by atoms with Crippen LogP contribution in [0.3, 0.4) is 0 Å². The van der Waals surface area contributed by atoms with Crippen molar-refractivity contribution in [2.75, 3.05) is 19.0 Å². The number of hydrogen-bond donors (Lipinski definition) is 2. The number of hydrogen-bond acceptors (Lipinski definition) is 4. The first-order valence-corrected chi connectivity index (χ1v) is 7.00. The van der Waals surface area contributed by atoms with Crippen molar-refractivity contribution in [2.45, 2.75) is 6.42 Å². The molecule has 0 aliphatic heterocycles. The number of nitrogens with zero attached hydrogens (tertiary/aromatic N) is 1. The molecular weight excluding hydrogens is 278 g/mol. The number of carbonyl (C=O) groups is 1. The van der Waals surface area contributed by atoms with Gasteiger partial charge < -0.3 is 10.1 Å². The fourth-order valence-corrected chi connectivity index (χ4v) is 1.81. The minimum atomic E-state index is -0.194. The van der Waals surface area contributed by atoms with Crippen LogP contribution < -0.4 is 15.5 Å². The van der Waals surface area contributed by atoms with E-state index in [0.29, 0.717) is 6.42 Å². The van der Waals surface area contributed by atoms with Crippen LogP contribution in [0.1, 0.15) is 5.56 Å². The van der Waals surface area contributed by atoms with E-state index in [0.717, 1.165) is 17.0 Å². The van der Waals surface area contributed by atoms with Gasteiger partial charge >= 0.3 is 0 Å². The van der Waals surface area contributed by atoms with Crippen molar-refractivity contribution in [1.82, 2.24) is 5.43 Å². The molecule has 0 spiro atoms. The Hall–Kier alpha value is -2.82. The Morgan fingerprint density at radius 3 is 2.55 bits per heavy atom. The molecule has 0 aliphatic rings. The summed E-state index contributed by atoms with van der Waals surface area (Å²) in [5, 5.41) is 6.93. The van der Waals surface area contributed by atoms with Gasteiger partial charge in [0.25, 0.3) is 5.91 Å². The van der Waals surface area contributed by atoms with E-state index < -0.39 is 0 Å². The van der Waals surface area contributed by atoms with Crippen LogP contribution >= 0.6 is 0 Å². The Labute approximate surface area is 130 Å². The molecule has 0 aliphatic carbocycles. The number of amides is 1. The van der Waals surface area contributed by atoms with Crippen LogP contribution in [-0.2, 0) is 11.2 Å². The number of nitrogens with one attached hydrogen (secondary N) is 2. The highest BCUT2D eigenvalue weighted by Gasteiger charge is 1.99. The lowest BCUT2D eigenvalue weighted by Gasteiger charge is -2.06. The lowest BCUT2D eigenvalue weighted by atomic mass is 10.2. The van der Waals surface area contributed by atoms with Gasteiger partial charge in [-0.1, -0.05) is 30.3 Å². The second-order valence-electron chi connectivity index (χ2n) is 4.62. The zero-order valence-corrected chi connectivity index (χ0v) is 12.5. The average Bonchev–Trinajstić information content (AvgIpc) is 2.58. The van der Waals surface area contributed by atoms with Crippen molar-refractivity contribution in [3.05, 3.63) is 60.2 Å². The van der Waals surface area contributed by atoms with Gasteiger partial charge in [-0.25, -0.2) is 5.43 Å². The number of hydrazone groups is 1. The number of methoxy groups -OCH3 is 1. The smallest absolute Gasteiger partial charge is 0.259 e. The van der Waals surface area contributed by atoms with E-state index in [-0.39, 0.29) is 12.5 Å². The van der Waals surface area contributed by atoms with Gasteiger partial charge in [0.1, 0.15) is 5.75 Å². The molecule has 2 N–H and O–H groups in total. The number of benzene rings is 2. The molecule has 22 heavy (non-hydrogen) atoms. The normalized spacial score (nSPS) is 10.4. The van der Waals surface area contributed by atoms with E-state index in [9.17, 15) is 4.79 Å². The van der Waals surface area contributed by atoms with E-state index in [2.05, 4.69) is 15.8 Å². The highest BCUT2D eigenvalue weighted by atomic mass is 16.5. The quantitative estimate of drug-likeness (QED) is 0.609. The van der Waals surface area contributed by atoms with Gasteiger partial charge in [-0.05, 0) is 29.8 Å². The Morgan fingerprint density at radius 2 is 1.86 bits per heavy atom. The first kappa shape index (κ1) is 15.6. The van der Waals surface area contributed by atoms with E-state index in [1.54, 1.807) is 13.3 Å². The molecule has 0 atom stereocenters. The number of rotatable bonds is 7. The molecule has 0 aromatic heterocycles. The predicted octanol–water partition coefficient (Wildman–Crippen LogP) is 2.45. The summed E-state index contributed by atoms with van der Waals surface area (Å²) in [6, 6.07) is 17.3. The molecule has 0 radical (unpaired) electrons. The molecule has 114 valence electrons. The van der Waals surface area contributed by atoms with Gasteiger partial charge in [0, 0.05) is 18.3 Å². The minimum Gasteiger partial charge on any atom is -0.497 e. The first-order valence-electron chi connectivity index (χ1n) is 7.00. The minimum absolute atomic E-state index is 0.162. The number of anilines is 1.